The van der Waals surface area contributed by atoms with E-state index in [2.05, 4.69) is 37.9 Å². The van der Waals surface area contributed by atoms with Crippen LogP contribution in [0.1, 0.15) is 12.8 Å². The average Bonchev–Trinajstić information content (AvgIpc) is 2.94. The second kappa shape index (κ2) is 4.52. The zero-order valence-electron chi connectivity index (χ0n) is 9.12. The highest BCUT2D eigenvalue weighted by atomic mass is 127. The summed E-state index contributed by atoms with van der Waals surface area (Å²) in [7, 11) is 0. The summed E-state index contributed by atoms with van der Waals surface area (Å²) < 4.78 is 6.90. The van der Waals surface area contributed by atoms with Gasteiger partial charge in [-0.2, -0.15) is 0 Å². The number of hydrogen-bond acceptors (Lipinski definition) is 5. The number of rotatable bonds is 2. The molecule has 3 aliphatic heterocycles. The van der Waals surface area contributed by atoms with Gasteiger partial charge in [0.05, 0.1) is 18.8 Å². The molecule has 1 amide bonds. The average molecular weight is 348 g/mol. The van der Waals surface area contributed by atoms with E-state index in [-0.39, 0.29) is 18.3 Å². The third-order valence-electron chi connectivity index (χ3n) is 3.24. The summed E-state index contributed by atoms with van der Waals surface area (Å²) >= 11 is 2.33. The van der Waals surface area contributed by atoms with Gasteiger partial charge < -0.3 is 15.0 Å². The maximum atomic E-state index is 11.6. The first-order valence-electron chi connectivity index (χ1n) is 5.64. The molecule has 1 N–H and O–H groups in total. The van der Waals surface area contributed by atoms with Gasteiger partial charge in [0.25, 0.3) is 5.91 Å². The number of alkyl halides is 1. The SMILES string of the molecule is O=C1NC=NC2C1N=CN2C1CCC(CI)O1. The van der Waals surface area contributed by atoms with Gasteiger partial charge in [-0.1, -0.05) is 22.6 Å². The lowest BCUT2D eigenvalue weighted by Crippen LogP contribution is -2.50. The first kappa shape index (κ1) is 11.4. The van der Waals surface area contributed by atoms with Crippen LogP contribution in [0, 0.1) is 0 Å². The molecule has 0 spiro atoms. The molecule has 92 valence electrons. The zero-order valence-corrected chi connectivity index (χ0v) is 11.3. The molecule has 0 aromatic rings. The smallest absolute Gasteiger partial charge is 0.254 e. The fraction of sp³-hybridized carbons (Fsp3) is 0.700. The Bertz CT molecular complexity index is 387. The number of fused-ring (bicyclic) bond motifs is 1. The molecular weight excluding hydrogens is 335 g/mol. The second-order valence-corrected chi connectivity index (χ2v) is 5.18. The van der Waals surface area contributed by atoms with Crippen LogP contribution < -0.4 is 5.32 Å². The molecule has 3 rings (SSSR count). The monoisotopic (exact) mass is 348 g/mol. The van der Waals surface area contributed by atoms with Gasteiger partial charge >= 0.3 is 0 Å². The first-order chi connectivity index (χ1) is 8.29. The maximum absolute atomic E-state index is 11.6. The van der Waals surface area contributed by atoms with Crippen LogP contribution in [-0.4, -0.2) is 52.5 Å². The van der Waals surface area contributed by atoms with E-state index in [9.17, 15) is 4.79 Å². The standard InChI is InChI=1S/C10H13IN4O2/c11-3-6-1-2-7(17-6)15-5-14-8-9(15)12-4-13-10(8)16/h4-9H,1-3H2,(H,12,13,16). The molecule has 3 aliphatic rings. The molecule has 0 aliphatic carbocycles. The molecule has 3 heterocycles. The largest absolute Gasteiger partial charge is 0.354 e. The Labute approximate surface area is 113 Å². The van der Waals surface area contributed by atoms with Gasteiger partial charge in [0.15, 0.2) is 12.2 Å². The summed E-state index contributed by atoms with van der Waals surface area (Å²) in [6.45, 7) is 0. The second-order valence-electron chi connectivity index (χ2n) is 4.30. The van der Waals surface area contributed by atoms with Gasteiger partial charge in [-0.25, -0.2) is 4.99 Å². The molecule has 0 bridgehead atoms. The van der Waals surface area contributed by atoms with Crippen molar-refractivity contribution < 1.29 is 9.53 Å². The Morgan fingerprint density at radius 1 is 1.53 bits per heavy atom. The molecule has 7 heteroatoms. The van der Waals surface area contributed by atoms with Crippen LogP contribution in [0.3, 0.4) is 0 Å². The van der Waals surface area contributed by atoms with Crippen molar-refractivity contribution in [1.82, 2.24) is 10.2 Å². The van der Waals surface area contributed by atoms with E-state index in [0.717, 1.165) is 17.3 Å². The highest BCUT2D eigenvalue weighted by molar-refractivity contribution is 14.1. The summed E-state index contributed by atoms with van der Waals surface area (Å²) in [5.41, 5.74) is 0. The van der Waals surface area contributed by atoms with Gasteiger partial charge in [0.2, 0.25) is 0 Å². The van der Waals surface area contributed by atoms with Crippen LogP contribution in [0.2, 0.25) is 0 Å². The topological polar surface area (TPSA) is 66.3 Å². The molecule has 1 fully saturated rings. The number of carbonyl (C=O) groups is 1. The predicted molar refractivity (Wildman–Crippen MR) is 71.3 cm³/mol. The van der Waals surface area contributed by atoms with Gasteiger partial charge in [0.1, 0.15) is 6.23 Å². The summed E-state index contributed by atoms with van der Waals surface area (Å²) in [4.78, 5) is 22.0. The molecule has 0 aromatic carbocycles. The van der Waals surface area contributed by atoms with Crippen molar-refractivity contribution in [3.8, 4) is 0 Å². The van der Waals surface area contributed by atoms with Gasteiger partial charge in [-0.15, -0.1) is 0 Å². The van der Waals surface area contributed by atoms with Crippen LogP contribution in [0.25, 0.3) is 0 Å². The lowest BCUT2D eigenvalue weighted by Gasteiger charge is -2.30. The number of aliphatic imine (C=N–C) groups is 2. The van der Waals surface area contributed by atoms with E-state index in [1.54, 1.807) is 6.34 Å². The number of amides is 1. The number of nitrogens with one attached hydrogen (secondary N) is 1. The van der Waals surface area contributed by atoms with Crippen LogP contribution in [0.15, 0.2) is 9.98 Å². The minimum Gasteiger partial charge on any atom is -0.354 e. The highest BCUT2D eigenvalue weighted by Crippen LogP contribution is 2.29. The Kier molecular flexibility index (Phi) is 3.03. The van der Waals surface area contributed by atoms with Crippen LogP contribution in [0.5, 0.6) is 0 Å². The molecular formula is C10H13IN4O2. The summed E-state index contributed by atoms with van der Waals surface area (Å²) in [5.74, 6) is -0.0906. The third-order valence-corrected chi connectivity index (χ3v) is 4.22. The molecule has 1 saturated heterocycles. The summed E-state index contributed by atoms with van der Waals surface area (Å²) in [5, 5.41) is 2.57. The normalized spacial score (nSPS) is 39.6. The fourth-order valence-electron chi connectivity index (χ4n) is 2.35. The van der Waals surface area contributed by atoms with E-state index in [1.165, 1.54) is 6.34 Å². The Balaban J connectivity index is 1.73. The van der Waals surface area contributed by atoms with Crippen molar-refractivity contribution in [3.05, 3.63) is 0 Å². The summed E-state index contributed by atoms with van der Waals surface area (Å²) in [6, 6.07) is -0.415. The van der Waals surface area contributed by atoms with Gasteiger partial charge in [0, 0.05) is 4.43 Å². The molecule has 0 aromatic heterocycles. The van der Waals surface area contributed by atoms with Crippen LogP contribution in [-0.2, 0) is 9.53 Å². The lowest BCUT2D eigenvalue weighted by atomic mass is 10.2. The third kappa shape index (κ3) is 1.95. The Hall–Kier alpha value is -0.700. The molecule has 0 radical (unpaired) electrons. The Morgan fingerprint density at radius 2 is 2.41 bits per heavy atom. The molecule has 4 unspecified atom stereocenters. The fourth-order valence-corrected chi connectivity index (χ4v) is 2.99. The van der Waals surface area contributed by atoms with Crippen LogP contribution >= 0.6 is 22.6 Å². The molecule has 17 heavy (non-hydrogen) atoms. The lowest BCUT2D eigenvalue weighted by molar-refractivity contribution is -0.122. The Morgan fingerprint density at radius 3 is 3.18 bits per heavy atom. The van der Waals surface area contributed by atoms with E-state index in [1.807, 2.05) is 4.90 Å². The van der Waals surface area contributed by atoms with Crippen molar-refractivity contribution in [2.75, 3.05) is 4.43 Å². The zero-order chi connectivity index (χ0) is 11.8. The van der Waals surface area contributed by atoms with Crippen molar-refractivity contribution in [1.29, 1.82) is 0 Å². The van der Waals surface area contributed by atoms with Crippen molar-refractivity contribution in [3.63, 3.8) is 0 Å². The number of ether oxygens (including phenoxy) is 1. The van der Waals surface area contributed by atoms with E-state index in [0.29, 0.717) is 6.10 Å². The van der Waals surface area contributed by atoms with Crippen molar-refractivity contribution in [2.24, 2.45) is 9.98 Å². The molecule has 0 saturated carbocycles. The quantitative estimate of drug-likeness (QED) is 0.570. The van der Waals surface area contributed by atoms with E-state index in [4.69, 9.17) is 4.74 Å². The highest BCUT2D eigenvalue weighted by Gasteiger charge is 2.42. The number of nitrogens with zero attached hydrogens (tertiary/aromatic N) is 3. The van der Waals surface area contributed by atoms with E-state index < -0.39 is 6.04 Å². The van der Waals surface area contributed by atoms with E-state index >= 15 is 0 Å². The van der Waals surface area contributed by atoms with Crippen molar-refractivity contribution in [2.45, 2.75) is 37.4 Å². The van der Waals surface area contributed by atoms with Gasteiger partial charge in [-0.3, -0.25) is 9.79 Å². The van der Waals surface area contributed by atoms with Crippen molar-refractivity contribution >= 4 is 41.2 Å². The predicted octanol–water partition coefficient (Wildman–Crippen LogP) is 0.123. The number of halogens is 1. The first-order valence-corrected chi connectivity index (χ1v) is 7.16. The molecule has 4 atom stereocenters. The molecule has 6 nitrogen and oxygen atoms in total. The maximum Gasteiger partial charge on any atom is 0.254 e. The summed E-state index contributed by atoms with van der Waals surface area (Å²) in [6.07, 6.45) is 5.30. The number of carbonyl (C=O) groups excluding carboxylic acids is 1. The minimum absolute atomic E-state index is 0.0107. The minimum atomic E-state index is -0.415. The van der Waals surface area contributed by atoms with Gasteiger partial charge in [-0.05, 0) is 12.8 Å². The number of hydrogen-bond donors (Lipinski definition) is 1. The van der Waals surface area contributed by atoms with Crippen LogP contribution in [0.4, 0.5) is 0 Å².